The van der Waals surface area contributed by atoms with E-state index in [1.807, 2.05) is 27.7 Å². The molecule has 25 heavy (non-hydrogen) atoms. The summed E-state index contributed by atoms with van der Waals surface area (Å²) in [5, 5.41) is 8.00. The maximum absolute atomic E-state index is 14.5. The maximum Gasteiger partial charge on any atom is 0.525 e. The third-order valence-electron chi connectivity index (χ3n) is 4.43. The van der Waals surface area contributed by atoms with E-state index >= 15 is 0 Å². The molecule has 1 aromatic heterocycles. The van der Waals surface area contributed by atoms with E-state index in [0.29, 0.717) is 10.7 Å². The second-order valence-corrected chi connectivity index (χ2v) is 7.21. The van der Waals surface area contributed by atoms with Crippen LogP contribution in [0.3, 0.4) is 0 Å². The number of hydrogen-bond acceptors (Lipinski definition) is 4. The van der Waals surface area contributed by atoms with Crippen LogP contribution < -0.4 is 0 Å². The summed E-state index contributed by atoms with van der Waals surface area (Å²) >= 11 is 6.03. The third kappa shape index (κ3) is 3.47. The van der Waals surface area contributed by atoms with Gasteiger partial charge in [-0.1, -0.05) is 16.8 Å². The Kier molecular flexibility index (Phi) is 4.47. The van der Waals surface area contributed by atoms with Crippen molar-refractivity contribution >= 4 is 24.8 Å². The summed E-state index contributed by atoms with van der Waals surface area (Å²) < 4.78 is 40.4. The standard InChI is InChI=1S/C16H17BClF2N3O2/c1-15(2)16(3,4)25-17(24-15)14(20)8-11-9-23(22-21-11)13-7-10(19)5-6-12(13)18/h5-9H,1-4H3. The Morgan fingerprint density at radius 2 is 1.88 bits per heavy atom. The van der Waals surface area contributed by atoms with Gasteiger partial charge in [-0.2, -0.15) is 0 Å². The van der Waals surface area contributed by atoms with Gasteiger partial charge in [0.05, 0.1) is 28.1 Å². The molecule has 1 aliphatic rings. The molecule has 1 fully saturated rings. The number of hydrogen-bond donors (Lipinski definition) is 0. The van der Waals surface area contributed by atoms with Crippen molar-refractivity contribution in [3.63, 3.8) is 0 Å². The van der Waals surface area contributed by atoms with E-state index in [0.717, 1.165) is 0 Å². The third-order valence-corrected chi connectivity index (χ3v) is 4.75. The van der Waals surface area contributed by atoms with E-state index in [4.69, 9.17) is 20.9 Å². The lowest BCUT2D eigenvalue weighted by atomic mass is 9.87. The predicted octanol–water partition coefficient (Wildman–Crippen LogP) is 4.00. The Hall–Kier alpha value is -1.77. The lowest BCUT2D eigenvalue weighted by Gasteiger charge is -2.32. The van der Waals surface area contributed by atoms with Crippen molar-refractivity contribution in [3.8, 4) is 5.69 Å². The van der Waals surface area contributed by atoms with Crippen molar-refractivity contribution in [3.05, 3.63) is 46.7 Å². The van der Waals surface area contributed by atoms with Gasteiger partial charge in [0.15, 0.2) is 0 Å². The van der Waals surface area contributed by atoms with Crippen molar-refractivity contribution in [2.45, 2.75) is 38.9 Å². The molecule has 0 saturated carbocycles. The molecule has 0 spiro atoms. The van der Waals surface area contributed by atoms with E-state index in [9.17, 15) is 8.78 Å². The highest BCUT2D eigenvalue weighted by atomic mass is 35.5. The van der Waals surface area contributed by atoms with Gasteiger partial charge in [0.1, 0.15) is 17.2 Å². The first-order valence-corrected chi connectivity index (χ1v) is 8.07. The van der Waals surface area contributed by atoms with Gasteiger partial charge in [0.2, 0.25) is 0 Å². The first kappa shape index (κ1) is 18.0. The molecule has 2 aromatic rings. The Morgan fingerprint density at radius 3 is 2.52 bits per heavy atom. The van der Waals surface area contributed by atoms with Crippen LogP contribution in [0.25, 0.3) is 11.8 Å². The topological polar surface area (TPSA) is 49.2 Å². The molecule has 0 bridgehead atoms. The fourth-order valence-corrected chi connectivity index (χ4v) is 2.49. The van der Waals surface area contributed by atoms with Gasteiger partial charge in [-0.15, -0.1) is 5.10 Å². The highest BCUT2D eigenvalue weighted by Gasteiger charge is 2.53. The number of aromatic nitrogens is 3. The van der Waals surface area contributed by atoms with Crippen LogP contribution >= 0.6 is 11.6 Å². The van der Waals surface area contributed by atoms with Crippen LogP contribution in [0.5, 0.6) is 0 Å². The molecule has 0 aliphatic carbocycles. The molecule has 1 aromatic carbocycles. The van der Waals surface area contributed by atoms with Gasteiger partial charge >= 0.3 is 7.12 Å². The second kappa shape index (κ2) is 6.19. The zero-order chi connectivity index (χ0) is 18.4. The van der Waals surface area contributed by atoms with Crippen LogP contribution in [0.1, 0.15) is 33.4 Å². The molecule has 0 atom stereocenters. The van der Waals surface area contributed by atoms with Crippen LogP contribution in [0.15, 0.2) is 30.1 Å². The van der Waals surface area contributed by atoms with E-state index in [1.54, 1.807) is 0 Å². The van der Waals surface area contributed by atoms with E-state index in [1.165, 1.54) is 35.2 Å². The molecule has 0 N–H and O–H groups in total. The number of nitrogens with zero attached hydrogens (tertiary/aromatic N) is 3. The lowest BCUT2D eigenvalue weighted by molar-refractivity contribution is 0.00578. The highest BCUT2D eigenvalue weighted by Crippen LogP contribution is 2.39. The fourth-order valence-electron chi connectivity index (χ4n) is 2.29. The van der Waals surface area contributed by atoms with Gasteiger partial charge in [0, 0.05) is 6.07 Å². The molecule has 1 saturated heterocycles. The fraction of sp³-hybridized carbons (Fsp3) is 0.375. The van der Waals surface area contributed by atoms with Gasteiger partial charge in [-0.25, -0.2) is 13.5 Å². The molecule has 0 amide bonds. The Balaban J connectivity index is 1.84. The Bertz CT molecular complexity index is 823. The van der Waals surface area contributed by atoms with Crippen molar-refractivity contribution in [1.82, 2.24) is 15.0 Å². The zero-order valence-electron chi connectivity index (χ0n) is 14.3. The molecule has 2 heterocycles. The van der Waals surface area contributed by atoms with E-state index < -0.39 is 29.9 Å². The SMILES string of the molecule is CC1(C)OB(C(F)=Cc2cn(-c3cc(F)ccc3Cl)nn2)OC1(C)C. The molecule has 3 rings (SSSR count). The molecular formula is C16H17BClF2N3O2. The molecule has 132 valence electrons. The Labute approximate surface area is 149 Å². The van der Waals surface area contributed by atoms with Gasteiger partial charge in [0.25, 0.3) is 0 Å². The van der Waals surface area contributed by atoms with Crippen molar-refractivity contribution in [2.75, 3.05) is 0 Å². The number of benzene rings is 1. The van der Waals surface area contributed by atoms with E-state index in [2.05, 4.69) is 10.3 Å². The quantitative estimate of drug-likeness (QED) is 0.769. The van der Waals surface area contributed by atoms with Crippen LogP contribution in [0, 0.1) is 5.82 Å². The van der Waals surface area contributed by atoms with E-state index in [-0.39, 0.29) is 5.69 Å². The molecular weight excluding hydrogens is 350 g/mol. The molecule has 1 aliphatic heterocycles. The van der Waals surface area contributed by atoms with Gasteiger partial charge < -0.3 is 9.31 Å². The predicted molar refractivity (Wildman–Crippen MR) is 91.5 cm³/mol. The summed E-state index contributed by atoms with van der Waals surface area (Å²) in [4.78, 5) is 0. The van der Waals surface area contributed by atoms with Gasteiger partial charge in [-0.3, -0.25) is 0 Å². The van der Waals surface area contributed by atoms with Crippen molar-refractivity contribution < 1.29 is 18.1 Å². The highest BCUT2D eigenvalue weighted by molar-refractivity contribution is 6.54. The minimum Gasteiger partial charge on any atom is -0.398 e. The Morgan fingerprint density at radius 1 is 1.24 bits per heavy atom. The second-order valence-electron chi connectivity index (χ2n) is 6.80. The minimum absolute atomic E-state index is 0.229. The number of halogens is 3. The summed E-state index contributed by atoms with van der Waals surface area (Å²) in [6.07, 6.45) is 2.60. The molecule has 5 nitrogen and oxygen atoms in total. The van der Waals surface area contributed by atoms with Crippen LogP contribution in [-0.2, 0) is 9.31 Å². The summed E-state index contributed by atoms with van der Waals surface area (Å²) in [5.41, 5.74) is -1.38. The summed E-state index contributed by atoms with van der Waals surface area (Å²) in [6, 6.07) is 3.87. The maximum atomic E-state index is 14.5. The number of rotatable bonds is 3. The zero-order valence-corrected chi connectivity index (χ0v) is 15.0. The van der Waals surface area contributed by atoms with Crippen LogP contribution in [0.4, 0.5) is 8.78 Å². The average Bonchev–Trinajstić information content (AvgIpc) is 3.04. The molecule has 0 radical (unpaired) electrons. The smallest absolute Gasteiger partial charge is 0.398 e. The van der Waals surface area contributed by atoms with Crippen LogP contribution in [-0.4, -0.2) is 33.3 Å². The van der Waals surface area contributed by atoms with Crippen molar-refractivity contribution in [2.24, 2.45) is 0 Å². The monoisotopic (exact) mass is 367 g/mol. The van der Waals surface area contributed by atoms with Crippen molar-refractivity contribution in [1.29, 1.82) is 0 Å². The first-order chi connectivity index (χ1) is 11.6. The summed E-state index contributed by atoms with van der Waals surface area (Å²) in [5.74, 6) is -0.463. The summed E-state index contributed by atoms with van der Waals surface area (Å²) in [6.45, 7) is 7.34. The molecule has 9 heteroatoms. The van der Waals surface area contributed by atoms with Crippen LogP contribution in [0.2, 0.25) is 5.02 Å². The minimum atomic E-state index is -1.12. The summed E-state index contributed by atoms with van der Waals surface area (Å²) in [7, 11) is -1.12. The lowest BCUT2D eigenvalue weighted by Crippen LogP contribution is -2.41. The molecule has 0 unspecified atom stereocenters. The van der Waals surface area contributed by atoms with Gasteiger partial charge in [-0.05, 0) is 45.9 Å². The average molecular weight is 368 g/mol. The largest absolute Gasteiger partial charge is 0.525 e. The first-order valence-electron chi connectivity index (χ1n) is 7.69. The normalized spacial score (nSPS) is 19.5.